The smallest absolute Gasteiger partial charge is 0.191 e. The van der Waals surface area contributed by atoms with Crippen molar-refractivity contribution in [3.05, 3.63) is 23.8 Å². The predicted octanol–water partition coefficient (Wildman–Crippen LogP) is 2.95. The van der Waals surface area contributed by atoms with Crippen LogP contribution in [0.2, 0.25) is 0 Å². The van der Waals surface area contributed by atoms with Gasteiger partial charge >= 0.3 is 0 Å². The van der Waals surface area contributed by atoms with Crippen molar-refractivity contribution < 1.29 is 9.47 Å². The van der Waals surface area contributed by atoms with Crippen LogP contribution in [0.25, 0.3) is 0 Å². The molecule has 0 heterocycles. The van der Waals surface area contributed by atoms with Gasteiger partial charge in [-0.25, -0.2) is 4.99 Å². The van der Waals surface area contributed by atoms with Gasteiger partial charge in [0.2, 0.25) is 0 Å². The van der Waals surface area contributed by atoms with E-state index in [1.807, 2.05) is 18.2 Å². The molecule has 22 heavy (non-hydrogen) atoms. The summed E-state index contributed by atoms with van der Waals surface area (Å²) in [5, 5.41) is 6.62. The molecular formula is C17H29N3O2. The van der Waals surface area contributed by atoms with Gasteiger partial charge in [0.15, 0.2) is 5.96 Å². The number of hydrogen-bond donors (Lipinski definition) is 2. The molecule has 1 rings (SSSR count). The van der Waals surface area contributed by atoms with Gasteiger partial charge in [-0.05, 0) is 25.5 Å². The minimum absolute atomic E-state index is 0.566. The largest absolute Gasteiger partial charge is 0.497 e. The fraction of sp³-hybridized carbons (Fsp3) is 0.588. The van der Waals surface area contributed by atoms with Gasteiger partial charge in [0.25, 0.3) is 0 Å². The molecule has 0 aliphatic carbocycles. The lowest BCUT2D eigenvalue weighted by Gasteiger charge is -2.12. The summed E-state index contributed by atoms with van der Waals surface area (Å²) in [4.78, 5) is 4.62. The lowest BCUT2D eigenvalue weighted by Crippen LogP contribution is -2.37. The van der Waals surface area contributed by atoms with Crippen LogP contribution in [0.1, 0.15) is 38.7 Å². The van der Waals surface area contributed by atoms with Gasteiger partial charge in [-0.3, -0.25) is 0 Å². The summed E-state index contributed by atoms with van der Waals surface area (Å²) in [5.74, 6) is 2.43. The summed E-state index contributed by atoms with van der Waals surface area (Å²) in [7, 11) is 3.31. The molecule has 1 aromatic rings. The molecule has 0 atom stereocenters. The maximum atomic E-state index is 5.40. The summed E-state index contributed by atoms with van der Waals surface area (Å²) >= 11 is 0. The summed E-state index contributed by atoms with van der Waals surface area (Å²) < 4.78 is 10.6. The summed E-state index contributed by atoms with van der Waals surface area (Å²) in [6.07, 6.45) is 3.61. The van der Waals surface area contributed by atoms with Gasteiger partial charge in [0.1, 0.15) is 11.5 Å². The van der Waals surface area contributed by atoms with Crippen molar-refractivity contribution in [2.45, 2.75) is 39.7 Å². The third-order valence-corrected chi connectivity index (χ3v) is 3.32. The number of nitrogens with one attached hydrogen (secondary N) is 2. The van der Waals surface area contributed by atoms with Crippen LogP contribution in [0, 0.1) is 0 Å². The fourth-order valence-electron chi connectivity index (χ4n) is 2.07. The molecule has 0 unspecified atom stereocenters. The SMILES string of the molecule is CCCCCNC(=NCc1ccc(OC)cc1OC)NCC. The molecule has 0 bridgehead atoms. The van der Waals surface area contributed by atoms with Crippen molar-refractivity contribution in [2.75, 3.05) is 27.3 Å². The van der Waals surface area contributed by atoms with Gasteiger partial charge < -0.3 is 20.1 Å². The van der Waals surface area contributed by atoms with Crippen LogP contribution in [0.4, 0.5) is 0 Å². The normalized spacial score (nSPS) is 11.2. The number of guanidine groups is 1. The van der Waals surface area contributed by atoms with Crippen LogP contribution >= 0.6 is 0 Å². The molecule has 0 saturated heterocycles. The molecule has 0 aliphatic rings. The number of hydrogen-bond acceptors (Lipinski definition) is 3. The molecule has 0 spiro atoms. The van der Waals surface area contributed by atoms with Gasteiger partial charge in [-0.2, -0.15) is 0 Å². The molecule has 0 saturated carbocycles. The Kier molecular flexibility index (Phi) is 8.88. The summed E-state index contributed by atoms with van der Waals surface area (Å²) in [6.45, 7) is 6.63. The Morgan fingerprint density at radius 3 is 2.55 bits per heavy atom. The predicted molar refractivity (Wildman–Crippen MR) is 91.9 cm³/mol. The van der Waals surface area contributed by atoms with E-state index in [4.69, 9.17) is 9.47 Å². The minimum Gasteiger partial charge on any atom is -0.497 e. The van der Waals surface area contributed by atoms with Crippen molar-refractivity contribution in [2.24, 2.45) is 4.99 Å². The average molecular weight is 307 g/mol. The number of unbranched alkanes of at least 4 members (excludes halogenated alkanes) is 2. The first kappa shape index (κ1) is 18.1. The molecule has 0 fully saturated rings. The van der Waals surface area contributed by atoms with Crippen molar-refractivity contribution in [1.82, 2.24) is 10.6 Å². The van der Waals surface area contributed by atoms with Gasteiger partial charge in [-0.15, -0.1) is 0 Å². The maximum absolute atomic E-state index is 5.40. The van der Waals surface area contributed by atoms with Crippen LogP contribution in [-0.2, 0) is 6.54 Å². The molecule has 2 N–H and O–H groups in total. The number of benzene rings is 1. The molecule has 5 nitrogen and oxygen atoms in total. The van der Waals surface area contributed by atoms with Crippen molar-refractivity contribution >= 4 is 5.96 Å². The van der Waals surface area contributed by atoms with E-state index in [-0.39, 0.29) is 0 Å². The summed E-state index contributed by atoms with van der Waals surface area (Å²) in [5.41, 5.74) is 1.04. The van der Waals surface area contributed by atoms with Gasteiger partial charge in [0.05, 0.1) is 20.8 Å². The van der Waals surface area contributed by atoms with Crippen molar-refractivity contribution in [3.63, 3.8) is 0 Å². The minimum atomic E-state index is 0.566. The average Bonchev–Trinajstić information content (AvgIpc) is 2.56. The lowest BCUT2D eigenvalue weighted by molar-refractivity contribution is 0.391. The van der Waals surface area contributed by atoms with Crippen molar-refractivity contribution in [3.8, 4) is 11.5 Å². The molecule has 0 aromatic heterocycles. The highest BCUT2D eigenvalue weighted by Crippen LogP contribution is 2.25. The zero-order valence-electron chi connectivity index (χ0n) is 14.2. The molecule has 0 aliphatic heterocycles. The number of aliphatic imine (C=N–C) groups is 1. The summed E-state index contributed by atoms with van der Waals surface area (Å²) in [6, 6.07) is 5.79. The van der Waals surface area contributed by atoms with E-state index in [9.17, 15) is 0 Å². The van der Waals surface area contributed by atoms with Crippen LogP contribution in [0.3, 0.4) is 0 Å². The van der Waals surface area contributed by atoms with Crippen LogP contribution < -0.4 is 20.1 Å². The highest BCUT2D eigenvalue weighted by Gasteiger charge is 2.05. The van der Waals surface area contributed by atoms with Gasteiger partial charge in [0, 0.05) is 24.7 Å². The first-order valence-corrected chi connectivity index (χ1v) is 7.98. The van der Waals surface area contributed by atoms with E-state index >= 15 is 0 Å². The van der Waals surface area contributed by atoms with Gasteiger partial charge in [-0.1, -0.05) is 19.8 Å². The van der Waals surface area contributed by atoms with E-state index in [1.165, 1.54) is 12.8 Å². The van der Waals surface area contributed by atoms with E-state index < -0.39 is 0 Å². The number of methoxy groups -OCH3 is 2. The maximum Gasteiger partial charge on any atom is 0.191 e. The first-order valence-electron chi connectivity index (χ1n) is 7.98. The Morgan fingerprint density at radius 2 is 1.91 bits per heavy atom. The van der Waals surface area contributed by atoms with E-state index in [1.54, 1.807) is 14.2 Å². The zero-order chi connectivity index (χ0) is 16.2. The number of rotatable bonds is 9. The molecule has 124 valence electrons. The molecule has 0 radical (unpaired) electrons. The zero-order valence-corrected chi connectivity index (χ0v) is 14.2. The Labute approximate surface area is 134 Å². The third kappa shape index (κ3) is 6.24. The highest BCUT2D eigenvalue weighted by molar-refractivity contribution is 5.79. The second-order valence-corrected chi connectivity index (χ2v) is 5.01. The van der Waals surface area contributed by atoms with Crippen LogP contribution in [0.5, 0.6) is 11.5 Å². The number of nitrogens with zero attached hydrogens (tertiary/aromatic N) is 1. The van der Waals surface area contributed by atoms with Crippen LogP contribution in [-0.4, -0.2) is 33.3 Å². The van der Waals surface area contributed by atoms with E-state index in [0.29, 0.717) is 6.54 Å². The molecule has 1 aromatic carbocycles. The highest BCUT2D eigenvalue weighted by atomic mass is 16.5. The third-order valence-electron chi connectivity index (χ3n) is 3.32. The van der Waals surface area contributed by atoms with Crippen LogP contribution in [0.15, 0.2) is 23.2 Å². The Bertz CT molecular complexity index is 461. The van der Waals surface area contributed by atoms with Crippen molar-refractivity contribution in [1.29, 1.82) is 0 Å². The molecule has 5 heteroatoms. The number of ether oxygens (including phenoxy) is 2. The Hall–Kier alpha value is -1.91. The fourth-order valence-corrected chi connectivity index (χ4v) is 2.07. The topological polar surface area (TPSA) is 54.9 Å². The van der Waals surface area contributed by atoms with E-state index in [0.717, 1.165) is 42.5 Å². The Balaban J connectivity index is 2.68. The second-order valence-electron chi connectivity index (χ2n) is 5.01. The standard InChI is InChI=1S/C17H29N3O2/c1-5-7-8-11-19-17(18-6-2)20-13-14-9-10-15(21-3)12-16(14)22-4/h9-10,12H,5-8,11,13H2,1-4H3,(H2,18,19,20). The molecule has 0 amide bonds. The lowest BCUT2D eigenvalue weighted by atomic mass is 10.2. The second kappa shape index (κ2) is 10.8. The quantitative estimate of drug-likeness (QED) is 0.418. The first-order chi connectivity index (χ1) is 10.7. The Morgan fingerprint density at radius 1 is 1.09 bits per heavy atom. The molecular weight excluding hydrogens is 278 g/mol. The van der Waals surface area contributed by atoms with E-state index in [2.05, 4.69) is 29.5 Å². The monoisotopic (exact) mass is 307 g/mol.